The van der Waals surface area contributed by atoms with Gasteiger partial charge in [-0.05, 0) is 12.8 Å². The molecule has 1 aliphatic rings. The Hall–Kier alpha value is -1.42. The highest BCUT2D eigenvalue weighted by molar-refractivity contribution is 7.82. The molecule has 0 spiro atoms. The van der Waals surface area contributed by atoms with E-state index in [2.05, 4.69) is 8.37 Å². The summed E-state index contributed by atoms with van der Waals surface area (Å²) in [6.45, 7) is 0. The maximum atomic E-state index is 13.3. The van der Waals surface area contributed by atoms with Crippen LogP contribution in [-0.2, 0) is 14.6 Å². The fourth-order valence-corrected chi connectivity index (χ4v) is 3.02. The summed E-state index contributed by atoms with van der Waals surface area (Å²) in [5.41, 5.74) is 0. The third-order valence-electron chi connectivity index (χ3n) is 3.16. The molecular weight excluding hydrogens is 335 g/mol. The Labute approximate surface area is 123 Å². The Morgan fingerprint density at radius 2 is 1.23 bits per heavy atom. The summed E-state index contributed by atoms with van der Waals surface area (Å²) in [5, 5.41) is 0. The first-order chi connectivity index (χ1) is 10.2. The minimum Gasteiger partial charge on any atom is -0.355 e. The molecule has 10 heteroatoms. The van der Waals surface area contributed by atoms with Crippen LogP contribution in [0, 0.1) is 29.1 Å². The molecule has 22 heavy (non-hydrogen) atoms. The zero-order valence-corrected chi connectivity index (χ0v) is 11.9. The number of halogens is 5. The van der Waals surface area contributed by atoms with Gasteiger partial charge in [-0.25, -0.2) is 17.4 Å². The van der Waals surface area contributed by atoms with Crippen molar-refractivity contribution in [3.05, 3.63) is 29.1 Å². The second-order valence-corrected chi connectivity index (χ2v) is 5.92. The van der Waals surface area contributed by atoms with Crippen molar-refractivity contribution < 1.29 is 38.7 Å². The molecule has 0 bridgehead atoms. The van der Waals surface area contributed by atoms with Gasteiger partial charge in [0.2, 0.25) is 34.8 Å². The fraction of sp³-hybridized carbons (Fsp3) is 0.500. The zero-order chi connectivity index (χ0) is 16.5. The van der Waals surface area contributed by atoms with E-state index >= 15 is 0 Å². The lowest BCUT2D eigenvalue weighted by Gasteiger charge is -2.21. The molecule has 0 unspecified atom stereocenters. The van der Waals surface area contributed by atoms with Crippen molar-refractivity contribution in [3.8, 4) is 5.75 Å². The quantitative estimate of drug-likeness (QED) is 0.477. The van der Waals surface area contributed by atoms with Crippen LogP contribution >= 0.6 is 0 Å². The highest BCUT2D eigenvalue weighted by Crippen LogP contribution is 2.31. The summed E-state index contributed by atoms with van der Waals surface area (Å²) in [4.78, 5) is 0. The molecule has 1 fully saturated rings. The predicted octanol–water partition coefficient (Wildman–Crippen LogP) is 3.36. The van der Waals surface area contributed by atoms with E-state index in [0.29, 0.717) is 25.7 Å². The van der Waals surface area contributed by atoms with Crippen LogP contribution in [0.1, 0.15) is 32.1 Å². The Bertz CT molecular complexity index is 642. The molecule has 2 rings (SSSR count). The molecule has 1 saturated carbocycles. The first-order valence-corrected chi connectivity index (χ1v) is 7.70. The van der Waals surface area contributed by atoms with Crippen LogP contribution in [0.3, 0.4) is 0 Å². The van der Waals surface area contributed by atoms with Crippen molar-refractivity contribution in [1.82, 2.24) is 0 Å². The normalized spacial score (nSPS) is 16.8. The van der Waals surface area contributed by atoms with Crippen molar-refractivity contribution in [1.29, 1.82) is 0 Å². The molecule has 0 amide bonds. The predicted molar refractivity (Wildman–Crippen MR) is 63.7 cm³/mol. The monoisotopic (exact) mass is 346 g/mol. The van der Waals surface area contributed by atoms with Crippen LogP contribution in [0.2, 0.25) is 0 Å². The van der Waals surface area contributed by atoms with Gasteiger partial charge in [-0.15, -0.1) is 0 Å². The zero-order valence-electron chi connectivity index (χ0n) is 11.0. The van der Waals surface area contributed by atoms with E-state index in [-0.39, 0.29) is 0 Å². The maximum absolute atomic E-state index is 13.3. The Balaban J connectivity index is 2.26. The highest BCUT2D eigenvalue weighted by atomic mass is 32.3. The lowest BCUT2D eigenvalue weighted by molar-refractivity contribution is 0.142. The van der Waals surface area contributed by atoms with E-state index in [0.717, 1.165) is 6.42 Å². The van der Waals surface area contributed by atoms with Crippen LogP contribution in [0.4, 0.5) is 22.0 Å². The largest absolute Gasteiger partial charge is 0.449 e. The van der Waals surface area contributed by atoms with E-state index in [4.69, 9.17) is 0 Å². The van der Waals surface area contributed by atoms with Gasteiger partial charge in [0.15, 0.2) is 0 Å². The Kier molecular flexibility index (Phi) is 4.90. The molecule has 1 aromatic rings. The lowest BCUT2D eigenvalue weighted by Crippen LogP contribution is -2.25. The highest BCUT2D eigenvalue weighted by Gasteiger charge is 2.32. The summed E-state index contributed by atoms with van der Waals surface area (Å²) >= 11 is 0. The summed E-state index contributed by atoms with van der Waals surface area (Å²) in [5.74, 6) is -13.7. The molecule has 1 aromatic carbocycles. The van der Waals surface area contributed by atoms with Gasteiger partial charge >= 0.3 is 10.4 Å². The van der Waals surface area contributed by atoms with Crippen LogP contribution in [0.5, 0.6) is 5.75 Å². The fourth-order valence-electron chi connectivity index (χ4n) is 2.11. The van der Waals surface area contributed by atoms with Crippen LogP contribution in [0.15, 0.2) is 0 Å². The number of benzene rings is 1. The molecular formula is C12H11F5O4S. The molecule has 124 valence electrons. The minimum atomic E-state index is -4.96. The van der Waals surface area contributed by atoms with Gasteiger partial charge in [-0.1, -0.05) is 19.3 Å². The minimum absolute atomic E-state index is 0.389. The topological polar surface area (TPSA) is 52.6 Å². The molecule has 0 saturated heterocycles. The van der Waals surface area contributed by atoms with E-state index < -0.39 is 51.3 Å². The van der Waals surface area contributed by atoms with Crippen molar-refractivity contribution in [2.75, 3.05) is 0 Å². The van der Waals surface area contributed by atoms with Gasteiger partial charge < -0.3 is 4.18 Å². The lowest BCUT2D eigenvalue weighted by atomic mass is 9.98. The summed E-state index contributed by atoms with van der Waals surface area (Å²) in [6.07, 6.45) is 2.31. The molecule has 4 nitrogen and oxygen atoms in total. The van der Waals surface area contributed by atoms with Crippen LogP contribution < -0.4 is 4.18 Å². The van der Waals surface area contributed by atoms with E-state index in [1.807, 2.05) is 0 Å². The molecule has 0 aromatic heterocycles. The van der Waals surface area contributed by atoms with Crippen molar-refractivity contribution in [3.63, 3.8) is 0 Å². The average molecular weight is 346 g/mol. The molecule has 0 aliphatic heterocycles. The third kappa shape index (κ3) is 3.49. The standard InChI is InChI=1S/C12H11F5O4S/c13-7-8(14)10(16)12(11(17)9(7)15)21-22(18,19)20-6-4-2-1-3-5-6/h6H,1-5H2. The molecule has 0 atom stereocenters. The number of hydrogen-bond acceptors (Lipinski definition) is 4. The molecule has 0 radical (unpaired) electrons. The van der Waals surface area contributed by atoms with E-state index in [9.17, 15) is 30.4 Å². The smallest absolute Gasteiger partial charge is 0.355 e. The third-order valence-corrected chi connectivity index (χ3v) is 4.04. The van der Waals surface area contributed by atoms with Gasteiger partial charge in [0, 0.05) is 0 Å². The number of rotatable bonds is 4. The van der Waals surface area contributed by atoms with Gasteiger partial charge in [0.25, 0.3) is 0 Å². The Morgan fingerprint density at radius 1 is 0.773 bits per heavy atom. The van der Waals surface area contributed by atoms with Crippen LogP contribution in [0.25, 0.3) is 0 Å². The van der Waals surface area contributed by atoms with Gasteiger partial charge in [-0.2, -0.15) is 17.2 Å². The second-order valence-electron chi connectivity index (χ2n) is 4.75. The first-order valence-electron chi connectivity index (χ1n) is 6.37. The molecule has 1 aliphatic carbocycles. The first kappa shape index (κ1) is 16.9. The number of hydrogen-bond donors (Lipinski definition) is 0. The summed E-state index contributed by atoms with van der Waals surface area (Å²) in [7, 11) is -4.96. The summed E-state index contributed by atoms with van der Waals surface area (Å²) < 4.78 is 97.1. The van der Waals surface area contributed by atoms with Crippen LogP contribution in [-0.4, -0.2) is 14.5 Å². The molecule has 0 heterocycles. The average Bonchev–Trinajstić information content (AvgIpc) is 2.48. The molecule has 0 N–H and O–H groups in total. The van der Waals surface area contributed by atoms with Crippen molar-refractivity contribution >= 4 is 10.4 Å². The van der Waals surface area contributed by atoms with Gasteiger partial charge in [-0.3, -0.25) is 0 Å². The summed E-state index contributed by atoms with van der Waals surface area (Å²) in [6, 6.07) is 0. The van der Waals surface area contributed by atoms with Gasteiger partial charge in [0.1, 0.15) is 0 Å². The maximum Gasteiger partial charge on any atom is 0.449 e. The Morgan fingerprint density at radius 3 is 1.73 bits per heavy atom. The SMILES string of the molecule is O=S(=O)(Oc1c(F)c(F)c(F)c(F)c1F)OC1CCCCC1. The second kappa shape index (κ2) is 6.37. The van der Waals surface area contributed by atoms with E-state index in [1.54, 1.807) is 0 Å². The van der Waals surface area contributed by atoms with Gasteiger partial charge in [0.05, 0.1) is 6.10 Å². The van der Waals surface area contributed by atoms with Crippen molar-refractivity contribution in [2.45, 2.75) is 38.2 Å². The van der Waals surface area contributed by atoms with Crippen molar-refractivity contribution in [2.24, 2.45) is 0 Å². The van der Waals surface area contributed by atoms with E-state index in [1.165, 1.54) is 0 Å².